The number of aryl methyl sites for hydroxylation is 1. The largest absolute Gasteiger partial charge is 0.314 e. The average Bonchev–Trinajstić information content (AvgIpc) is 2.79. The van der Waals surface area contributed by atoms with E-state index in [1.807, 2.05) is 0 Å². The van der Waals surface area contributed by atoms with Crippen LogP contribution in [-0.2, 0) is 22.8 Å². The lowest BCUT2D eigenvalue weighted by atomic mass is 9.85. The fraction of sp³-hybridized carbons (Fsp3) is 0.833. The van der Waals surface area contributed by atoms with Gasteiger partial charge < -0.3 is 4.57 Å². The third-order valence-electron chi connectivity index (χ3n) is 4.07. The highest BCUT2D eigenvalue weighted by molar-refractivity contribution is 7.91. The van der Waals surface area contributed by atoms with Gasteiger partial charge in [0.1, 0.15) is 11.6 Å². The van der Waals surface area contributed by atoms with E-state index >= 15 is 0 Å². The summed E-state index contributed by atoms with van der Waals surface area (Å²) in [5.41, 5.74) is 0.252. The molecule has 1 aromatic rings. The van der Waals surface area contributed by atoms with Crippen molar-refractivity contribution < 1.29 is 8.42 Å². The van der Waals surface area contributed by atoms with Crippen molar-refractivity contribution in [3.63, 3.8) is 0 Å². The third kappa shape index (κ3) is 2.06. The molecule has 0 unspecified atom stereocenters. The first-order chi connectivity index (χ1) is 8.36. The minimum atomic E-state index is -2.86. The Morgan fingerprint density at radius 2 is 2.11 bits per heavy atom. The van der Waals surface area contributed by atoms with Crippen LogP contribution in [0.1, 0.15) is 44.3 Å². The van der Waals surface area contributed by atoms with Gasteiger partial charge in [-0.3, -0.25) is 0 Å². The second-order valence-corrected chi connectivity index (χ2v) is 8.55. The SMILES string of the molecule is CC1(C)CCc2nnc([C@H]3CCS(=O)(=O)C3)n2C1. The van der Waals surface area contributed by atoms with Crippen molar-refractivity contribution in [3.8, 4) is 0 Å². The zero-order valence-electron chi connectivity index (χ0n) is 10.9. The molecule has 1 atom stereocenters. The highest BCUT2D eigenvalue weighted by atomic mass is 32.2. The van der Waals surface area contributed by atoms with Gasteiger partial charge in [0.25, 0.3) is 0 Å². The van der Waals surface area contributed by atoms with Gasteiger partial charge in [-0.15, -0.1) is 10.2 Å². The van der Waals surface area contributed by atoms with Gasteiger partial charge in [0.2, 0.25) is 0 Å². The number of hydrogen-bond donors (Lipinski definition) is 0. The molecule has 2 aliphatic heterocycles. The summed E-state index contributed by atoms with van der Waals surface area (Å²) in [4.78, 5) is 0. The van der Waals surface area contributed by atoms with E-state index in [9.17, 15) is 8.42 Å². The second-order valence-electron chi connectivity index (χ2n) is 6.32. The topological polar surface area (TPSA) is 64.8 Å². The molecule has 3 heterocycles. The molecule has 5 nitrogen and oxygen atoms in total. The Bertz CT molecular complexity index is 574. The van der Waals surface area contributed by atoms with Crippen LogP contribution in [0.2, 0.25) is 0 Å². The number of aromatic nitrogens is 3. The molecule has 0 N–H and O–H groups in total. The minimum Gasteiger partial charge on any atom is -0.314 e. The highest BCUT2D eigenvalue weighted by Crippen LogP contribution is 2.34. The minimum absolute atomic E-state index is 0.0464. The summed E-state index contributed by atoms with van der Waals surface area (Å²) in [6.45, 7) is 5.39. The van der Waals surface area contributed by atoms with E-state index in [0.717, 1.165) is 31.0 Å². The molecule has 0 amide bonds. The molecule has 1 fully saturated rings. The van der Waals surface area contributed by atoms with Crippen LogP contribution < -0.4 is 0 Å². The number of nitrogens with zero attached hydrogens (tertiary/aromatic N) is 3. The zero-order chi connectivity index (χ0) is 13.0. The van der Waals surface area contributed by atoms with Crippen molar-refractivity contribution in [3.05, 3.63) is 11.6 Å². The van der Waals surface area contributed by atoms with Gasteiger partial charge in [-0.1, -0.05) is 13.8 Å². The molecule has 0 radical (unpaired) electrons. The van der Waals surface area contributed by atoms with Crippen LogP contribution in [-0.4, -0.2) is 34.7 Å². The summed E-state index contributed by atoms with van der Waals surface area (Å²) in [5, 5.41) is 8.49. The first kappa shape index (κ1) is 12.1. The van der Waals surface area contributed by atoms with Crippen molar-refractivity contribution in [1.82, 2.24) is 14.8 Å². The number of sulfone groups is 1. The van der Waals surface area contributed by atoms with E-state index in [4.69, 9.17) is 0 Å². The molecule has 1 saturated heterocycles. The van der Waals surface area contributed by atoms with Crippen molar-refractivity contribution >= 4 is 9.84 Å². The molecular weight excluding hydrogens is 250 g/mol. The van der Waals surface area contributed by atoms with Crippen molar-refractivity contribution in [1.29, 1.82) is 0 Å². The first-order valence-electron chi connectivity index (χ1n) is 6.49. The van der Waals surface area contributed by atoms with Crippen LogP contribution in [0.4, 0.5) is 0 Å². The lowest BCUT2D eigenvalue weighted by Gasteiger charge is -2.31. The summed E-state index contributed by atoms with van der Waals surface area (Å²) >= 11 is 0. The Labute approximate surface area is 108 Å². The normalized spacial score (nSPS) is 29.1. The Morgan fingerprint density at radius 3 is 2.78 bits per heavy atom. The highest BCUT2D eigenvalue weighted by Gasteiger charge is 2.35. The molecule has 0 spiro atoms. The number of rotatable bonds is 1. The first-order valence-corrected chi connectivity index (χ1v) is 8.31. The van der Waals surface area contributed by atoms with Gasteiger partial charge in [0, 0.05) is 18.9 Å². The Morgan fingerprint density at radius 1 is 1.33 bits per heavy atom. The molecular formula is C12H19N3O2S. The monoisotopic (exact) mass is 269 g/mol. The standard InChI is InChI=1S/C12H19N3O2S/c1-12(2)5-3-10-13-14-11(15(10)8-12)9-4-6-18(16,17)7-9/h9H,3-8H2,1-2H3/t9-/m0/s1. The molecule has 0 saturated carbocycles. The molecule has 18 heavy (non-hydrogen) atoms. The number of hydrogen-bond acceptors (Lipinski definition) is 4. The summed E-state index contributed by atoms with van der Waals surface area (Å²) in [6.07, 6.45) is 2.76. The van der Waals surface area contributed by atoms with Crippen molar-refractivity contribution in [2.24, 2.45) is 5.41 Å². The van der Waals surface area contributed by atoms with E-state index in [2.05, 4.69) is 28.6 Å². The van der Waals surface area contributed by atoms with Gasteiger partial charge in [0.15, 0.2) is 9.84 Å². The van der Waals surface area contributed by atoms with Gasteiger partial charge in [-0.2, -0.15) is 0 Å². The lowest BCUT2D eigenvalue weighted by Crippen LogP contribution is -2.29. The van der Waals surface area contributed by atoms with Crippen LogP contribution in [0, 0.1) is 5.41 Å². The van der Waals surface area contributed by atoms with Crippen LogP contribution >= 0.6 is 0 Å². The fourth-order valence-electron chi connectivity index (χ4n) is 2.96. The van der Waals surface area contributed by atoms with E-state index in [-0.39, 0.29) is 17.1 Å². The van der Waals surface area contributed by atoms with E-state index in [1.54, 1.807) is 0 Å². The molecule has 0 aliphatic carbocycles. The molecule has 1 aromatic heterocycles. The van der Waals surface area contributed by atoms with E-state index in [1.165, 1.54) is 0 Å². The summed E-state index contributed by atoms with van der Waals surface area (Å²) in [7, 11) is -2.86. The molecule has 6 heteroatoms. The second kappa shape index (κ2) is 3.79. The smallest absolute Gasteiger partial charge is 0.151 e. The zero-order valence-corrected chi connectivity index (χ0v) is 11.7. The Kier molecular flexibility index (Phi) is 2.56. The third-order valence-corrected chi connectivity index (χ3v) is 5.83. The molecule has 0 bridgehead atoms. The van der Waals surface area contributed by atoms with Crippen molar-refractivity contribution in [2.45, 2.75) is 45.6 Å². The van der Waals surface area contributed by atoms with Crippen molar-refractivity contribution in [2.75, 3.05) is 11.5 Å². The Hall–Kier alpha value is -0.910. The predicted molar refractivity (Wildman–Crippen MR) is 68.1 cm³/mol. The summed E-state index contributed by atoms with van der Waals surface area (Å²) in [6, 6.07) is 0. The van der Waals surface area contributed by atoms with Crippen LogP contribution in [0.3, 0.4) is 0 Å². The molecule has 100 valence electrons. The van der Waals surface area contributed by atoms with E-state index < -0.39 is 9.84 Å². The Balaban J connectivity index is 1.94. The van der Waals surface area contributed by atoms with Gasteiger partial charge in [0.05, 0.1) is 11.5 Å². The maximum Gasteiger partial charge on any atom is 0.151 e. The lowest BCUT2D eigenvalue weighted by molar-refractivity contribution is 0.242. The van der Waals surface area contributed by atoms with Crippen LogP contribution in [0.25, 0.3) is 0 Å². The fourth-order valence-corrected chi connectivity index (χ4v) is 4.70. The maximum atomic E-state index is 11.6. The summed E-state index contributed by atoms with van der Waals surface area (Å²) in [5.74, 6) is 2.49. The van der Waals surface area contributed by atoms with Gasteiger partial charge in [-0.25, -0.2) is 8.42 Å². The van der Waals surface area contributed by atoms with E-state index in [0.29, 0.717) is 12.2 Å². The van der Waals surface area contributed by atoms with Gasteiger partial charge in [-0.05, 0) is 18.3 Å². The van der Waals surface area contributed by atoms with Crippen LogP contribution in [0.5, 0.6) is 0 Å². The summed E-state index contributed by atoms with van der Waals surface area (Å²) < 4.78 is 25.3. The molecule has 0 aromatic carbocycles. The quantitative estimate of drug-likeness (QED) is 0.767. The molecule has 3 rings (SSSR count). The van der Waals surface area contributed by atoms with Crippen LogP contribution in [0.15, 0.2) is 0 Å². The maximum absolute atomic E-state index is 11.6. The number of fused-ring (bicyclic) bond motifs is 1. The predicted octanol–water partition coefficient (Wildman–Crippen LogP) is 1.15. The van der Waals surface area contributed by atoms with Gasteiger partial charge >= 0.3 is 0 Å². The molecule has 2 aliphatic rings. The average molecular weight is 269 g/mol.